The number of amidine groups is 1. The SMILES string of the molecule is NC(CC(Sc1ccccc1Br)c1ccccc1)=NO. The van der Waals surface area contributed by atoms with E-state index in [2.05, 4.69) is 39.3 Å². The minimum Gasteiger partial charge on any atom is -0.409 e. The number of hydrogen-bond acceptors (Lipinski definition) is 3. The van der Waals surface area contributed by atoms with Gasteiger partial charge in [-0.15, -0.1) is 11.8 Å². The van der Waals surface area contributed by atoms with Gasteiger partial charge < -0.3 is 10.9 Å². The van der Waals surface area contributed by atoms with E-state index in [1.54, 1.807) is 11.8 Å². The predicted molar refractivity (Wildman–Crippen MR) is 87.2 cm³/mol. The third-order valence-electron chi connectivity index (χ3n) is 2.80. The topological polar surface area (TPSA) is 58.6 Å². The van der Waals surface area contributed by atoms with Gasteiger partial charge in [-0.3, -0.25) is 0 Å². The molecule has 1 unspecified atom stereocenters. The van der Waals surface area contributed by atoms with Gasteiger partial charge >= 0.3 is 0 Å². The van der Waals surface area contributed by atoms with Crippen molar-refractivity contribution in [1.82, 2.24) is 0 Å². The van der Waals surface area contributed by atoms with Crippen LogP contribution in [0, 0.1) is 0 Å². The molecule has 3 N–H and O–H groups in total. The van der Waals surface area contributed by atoms with E-state index >= 15 is 0 Å². The molecule has 2 rings (SSSR count). The van der Waals surface area contributed by atoms with E-state index in [0.29, 0.717) is 6.42 Å². The lowest BCUT2D eigenvalue weighted by molar-refractivity contribution is 0.317. The Morgan fingerprint density at radius 3 is 2.45 bits per heavy atom. The molecule has 0 bridgehead atoms. The van der Waals surface area contributed by atoms with Crippen LogP contribution in [0.3, 0.4) is 0 Å². The number of benzene rings is 2. The summed E-state index contributed by atoms with van der Waals surface area (Å²) in [5.41, 5.74) is 6.83. The Bertz CT molecular complexity index is 589. The van der Waals surface area contributed by atoms with Gasteiger partial charge in [0.2, 0.25) is 0 Å². The Balaban J connectivity index is 2.26. The smallest absolute Gasteiger partial charge is 0.140 e. The summed E-state index contributed by atoms with van der Waals surface area (Å²) in [6.45, 7) is 0. The zero-order chi connectivity index (χ0) is 14.4. The summed E-state index contributed by atoms with van der Waals surface area (Å²) < 4.78 is 1.05. The van der Waals surface area contributed by atoms with E-state index in [1.807, 2.05) is 36.4 Å². The van der Waals surface area contributed by atoms with Gasteiger partial charge in [0.1, 0.15) is 5.84 Å². The molecule has 20 heavy (non-hydrogen) atoms. The standard InChI is InChI=1S/C15H15BrN2OS/c16-12-8-4-5-9-13(12)20-14(10-15(17)18-19)11-6-2-1-3-7-11/h1-9,14,19H,10H2,(H2,17,18). The first-order valence-electron chi connectivity index (χ1n) is 6.13. The molecule has 0 heterocycles. The van der Waals surface area contributed by atoms with Crippen LogP contribution in [0.25, 0.3) is 0 Å². The number of halogens is 1. The van der Waals surface area contributed by atoms with E-state index in [0.717, 1.165) is 14.9 Å². The van der Waals surface area contributed by atoms with Gasteiger partial charge in [0, 0.05) is 21.0 Å². The second-order valence-corrected chi connectivity index (χ2v) is 6.34. The molecule has 0 radical (unpaired) electrons. The Hall–Kier alpha value is -1.46. The molecule has 0 aliphatic carbocycles. The highest BCUT2D eigenvalue weighted by Gasteiger charge is 2.16. The predicted octanol–water partition coefficient (Wildman–Crippen LogP) is 4.42. The van der Waals surface area contributed by atoms with Gasteiger partial charge in [-0.2, -0.15) is 0 Å². The Labute approximate surface area is 131 Å². The van der Waals surface area contributed by atoms with Crippen LogP contribution >= 0.6 is 27.7 Å². The molecule has 0 aromatic heterocycles. The summed E-state index contributed by atoms with van der Waals surface area (Å²) >= 11 is 5.24. The number of thioether (sulfide) groups is 1. The molecule has 0 saturated heterocycles. The molecule has 0 fully saturated rings. The molecule has 0 aliphatic rings. The minimum absolute atomic E-state index is 0.103. The van der Waals surface area contributed by atoms with Crippen molar-refractivity contribution in [2.45, 2.75) is 16.6 Å². The van der Waals surface area contributed by atoms with E-state index < -0.39 is 0 Å². The maximum Gasteiger partial charge on any atom is 0.140 e. The van der Waals surface area contributed by atoms with Crippen molar-refractivity contribution in [3.8, 4) is 0 Å². The molecule has 1 atom stereocenters. The van der Waals surface area contributed by atoms with Crippen molar-refractivity contribution in [2.75, 3.05) is 0 Å². The Kier molecular flexibility index (Phi) is 5.49. The normalized spacial score (nSPS) is 13.2. The van der Waals surface area contributed by atoms with Gasteiger partial charge in [-0.1, -0.05) is 47.6 Å². The summed E-state index contributed by atoms with van der Waals surface area (Å²) in [6, 6.07) is 18.1. The van der Waals surface area contributed by atoms with Gasteiger partial charge in [0.15, 0.2) is 0 Å². The fraction of sp³-hybridized carbons (Fsp3) is 0.133. The zero-order valence-electron chi connectivity index (χ0n) is 10.7. The van der Waals surface area contributed by atoms with Gasteiger partial charge in [0.25, 0.3) is 0 Å². The Morgan fingerprint density at radius 1 is 1.15 bits per heavy atom. The number of hydrogen-bond donors (Lipinski definition) is 2. The van der Waals surface area contributed by atoms with Crippen LogP contribution in [0.1, 0.15) is 17.2 Å². The summed E-state index contributed by atoms with van der Waals surface area (Å²) in [5, 5.41) is 12.0. The van der Waals surface area contributed by atoms with Crippen LogP contribution in [0.4, 0.5) is 0 Å². The summed E-state index contributed by atoms with van der Waals surface area (Å²) in [6.07, 6.45) is 0.493. The molecule has 0 spiro atoms. The lowest BCUT2D eigenvalue weighted by Crippen LogP contribution is -2.14. The van der Waals surface area contributed by atoms with Gasteiger partial charge in [0.05, 0.1) is 0 Å². The molecular weight excluding hydrogens is 336 g/mol. The highest BCUT2D eigenvalue weighted by Crippen LogP contribution is 2.40. The lowest BCUT2D eigenvalue weighted by Gasteiger charge is -2.17. The summed E-state index contributed by atoms with van der Waals surface area (Å²) in [7, 11) is 0. The highest BCUT2D eigenvalue weighted by molar-refractivity contribution is 9.10. The van der Waals surface area contributed by atoms with Crippen LogP contribution in [0.15, 0.2) is 69.1 Å². The molecule has 2 aromatic rings. The maximum absolute atomic E-state index is 8.80. The average Bonchev–Trinajstić information content (AvgIpc) is 2.49. The van der Waals surface area contributed by atoms with E-state index in [1.165, 1.54) is 0 Å². The van der Waals surface area contributed by atoms with Crippen molar-refractivity contribution in [3.63, 3.8) is 0 Å². The van der Waals surface area contributed by atoms with Crippen LogP contribution in [-0.2, 0) is 0 Å². The Morgan fingerprint density at radius 2 is 1.80 bits per heavy atom. The van der Waals surface area contributed by atoms with E-state index in [4.69, 9.17) is 10.9 Å². The molecule has 0 aliphatic heterocycles. The highest BCUT2D eigenvalue weighted by atomic mass is 79.9. The van der Waals surface area contributed by atoms with Crippen molar-refractivity contribution in [1.29, 1.82) is 0 Å². The summed E-state index contributed by atoms with van der Waals surface area (Å²) in [4.78, 5) is 1.13. The van der Waals surface area contributed by atoms with E-state index in [9.17, 15) is 0 Å². The average molecular weight is 351 g/mol. The summed E-state index contributed by atoms with van der Waals surface area (Å²) in [5.74, 6) is 0.235. The third-order valence-corrected chi connectivity index (χ3v) is 5.09. The van der Waals surface area contributed by atoms with Crippen LogP contribution in [0.2, 0.25) is 0 Å². The van der Waals surface area contributed by atoms with Gasteiger partial charge in [-0.05, 0) is 33.6 Å². The first-order chi connectivity index (χ1) is 9.70. The fourth-order valence-electron chi connectivity index (χ4n) is 1.82. The molecule has 0 saturated carbocycles. The van der Waals surface area contributed by atoms with E-state index in [-0.39, 0.29) is 11.1 Å². The molecule has 2 aromatic carbocycles. The largest absolute Gasteiger partial charge is 0.409 e. The second kappa shape index (κ2) is 7.36. The fourth-order valence-corrected chi connectivity index (χ4v) is 3.58. The molecule has 5 heteroatoms. The number of rotatable bonds is 5. The number of nitrogens with zero attached hydrogens (tertiary/aromatic N) is 1. The molecule has 0 amide bonds. The number of nitrogens with two attached hydrogens (primary N) is 1. The first-order valence-corrected chi connectivity index (χ1v) is 7.80. The van der Waals surface area contributed by atoms with Crippen molar-refractivity contribution in [3.05, 3.63) is 64.6 Å². The van der Waals surface area contributed by atoms with Crippen LogP contribution in [0.5, 0.6) is 0 Å². The monoisotopic (exact) mass is 350 g/mol. The number of oxime groups is 1. The first kappa shape index (κ1) is 14.9. The van der Waals surface area contributed by atoms with Crippen molar-refractivity contribution < 1.29 is 5.21 Å². The van der Waals surface area contributed by atoms with Crippen molar-refractivity contribution in [2.24, 2.45) is 10.9 Å². The minimum atomic E-state index is 0.103. The van der Waals surface area contributed by atoms with Crippen LogP contribution in [-0.4, -0.2) is 11.0 Å². The molecular formula is C15H15BrN2OS. The quantitative estimate of drug-likeness (QED) is 0.276. The third kappa shape index (κ3) is 4.02. The molecule has 104 valence electrons. The van der Waals surface area contributed by atoms with Gasteiger partial charge in [-0.25, -0.2) is 0 Å². The lowest BCUT2D eigenvalue weighted by atomic mass is 10.1. The van der Waals surface area contributed by atoms with Crippen molar-refractivity contribution >= 4 is 33.5 Å². The maximum atomic E-state index is 8.80. The second-order valence-electron chi connectivity index (χ2n) is 4.24. The van der Waals surface area contributed by atoms with Crippen LogP contribution < -0.4 is 5.73 Å². The zero-order valence-corrected chi connectivity index (χ0v) is 13.1. The molecule has 3 nitrogen and oxygen atoms in total.